The van der Waals surface area contributed by atoms with E-state index in [1.54, 1.807) is 42.0 Å². The summed E-state index contributed by atoms with van der Waals surface area (Å²) in [5.74, 6) is 1.84. The maximum absolute atomic E-state index is 13.3. The lowest BCUT2D eigenvalue weighted by molar-refractivity contribution is 0.272. The summed E-state index contributed by atoms with van der Waals surface area (Å²) in [5, 5.41) is 11.0. The van der Waals surface area contributed by atoms with Gasteiger partial charge in [-0.15, -0.1) is 11.3 Å². The molecule has 0 amide bonds. The SMILES string of the molecule is COc1cccc(/C=C/c2nc3sccn3c(=O)c2-c2ccc(C#N)cc2)c1OCCC(C)C. The number of benzene rings is 2. The van der Waals surface area contributed by atoms with Gasteiger partial charge >= 0.3 is 0 Å². The van der Waals surface area contributed by atoms with Crippen molar-refractivity contribution in [2.24, 2.45) is 5.92 Å². The molecule has 0 N–H and O–H groups in total. The smallest absolute Gasteiger partial charge is 0.266 e. The number of para-hydroxylation sites is 1. The number of nitrogens with zero attached hydrogens (tertiary/aromatic N) is 3. The third-order valence-electron chi connectivity index (χ3n) is 5.39. The Morgan fingerprint density at radius 2 is 1.97 bits per heavy atom. The monoisotopic (exact) mass is 471 g/mol. The van der Waals surface area contributed by atoms with Gasteiger partial charge in [0.25, 0.3) is 5.56 Å². The van der Waals surface area contributed by atoms with E-state index in [9.17, 15) is 4.79 Å². The van der Waals surface area contributed by atoms with Crippen molar-refractivity contribution in [3.63, 3.8) is 0 Å². The van der Waals surface area contributed by atoms with Gasteiger partial charge in [0.05, 0.1) is 36.6 Å². The highest BCUT2D eigenvalue weighted by Gasteiger charge is 2.15. The minimum atomic E-state index is -0.158. The number of thiazole rings is 1. The molecule has 0 radical (unpaired) electrons. The predicted octanol–water partition coefficient (Wildman–Crippen LogP) is 5.90. The van der Waals surface area contributed by atoms with Gasteiger partial charge < -0.3 is 9.47 Å². The molecular weight excluding hydrogens is 446 g/mol. The first kappa shape index (κ1) is 23.3. The van der Waals surface area contributed by atoms with Crippen LogP contribution in [-0.2, 0) is 0 Å². The first-order valence-electron chi connectivity index (χ1n) is 11.0. The molecule has 34 heavy (non-hydrogen) atoms. The Morgan fingerprint density at radius 3 is 2.68 bits per heavy atom. The van der Waals surface area contributed by atoms with Crippen LogP contribution in [0.1, 0.15) is 37.1 Å². The molecule has 0 unspecified atom stereocenters. The molecule has 7 heteroatoms. The third kappa shape index (κ3) is 4.87. The molecule has 2 aromatic heterocycles. The van der Waals surface area contributed by atoms with Crippen LogP contribution in [0.5, 0.6) is 11.5 Å². The van der Waals surface area contributed by atoms with Gasteiger partial charge in [0.1, 0.15) is 0 Å². The van der Waals surface area contributed by atoms with Crippen molar-refractivity contribution < 1.29 is 9.47 Å². The van der Waals surface area contributed by atoms with E-state index in [1.165, 1.54) is 11.3 Å². The van der Waals surface area contributed by atoms with Gasteiger partial charge in [0.2, 0.25) is 0 Å². The van der Waals surface area contributed by atoms with Crippen LogP contribution in [0.25, 0.3) is 28.2 Å². The number of nitriles is 1. The van der Waals surface area contributed by atoms with Crippen LogP contribution >= 0.6 is 11.3 Å². The lowest BCUT2D eigenvalue weighted by Crippen LogP contribution is -2.17. The molecule has 6 nitrogen and oxygen atoms in total. The number of ether oxygens (including phenoxy) is 2. The summed E-state index contributed by atoms with van der Waals surface area (Å²) in [6, 6.07) is 14.8. The Balaban J connectivity index is 1.80. The van der Waals surface area contributed by atoms with Crippen molar-refractivity contribution in [3.8, 4) is 28.7 Å². The molecule has 4 rings (SSSR count). The van der Waals surface area contributed by atoms with Crippen LogP contribution in [0.3, 0.4) is 0 Å². The van der Waals surface area contributed by atoms with Crippen molar-refractivity contribution in [2.75, 3.05) is 13.7 Å². The number of rotatable bonds is 8. The molecule has 0 fully saturated rings. The molecular formula is C27H25N3O3S. The third-order valence-corrected chi connectivity index (χ3v) is 6.15. The standard InChI is InChI=1S/C27H25N3O3S/c1-18(2)13-15-33-25-21(5-4-6-23(25)32-3)11-12-22-24(20-9-7-19(17-28)8-10-20)26(31)30-14-16-34-27(30)29-22/h4-12,14,16,18H,13,15H2,1-3H3/b12-11+. The van der Waals surface area contributed by atoms with Gasteiger partial charge in [-0.05, 0) is 48.3 Å². The molecule has 0 aliphatic carbocycles. The zero-order valence-electron chi connectivity index (χ0n) is 19.3. The molecule has 0 spiro atoms. The second-order valence-corrected chi connectivity index (χ2v) is 9.04. The molecule has 0 aliphatic rings. The van der Waals surface area contributed by atoms with Gasteiger partial charge in [0.15, 0.2) is 16.5 Å². The fraction of sp³-hybridized carbons (Fsp3) is 0.222. The van der Waals surface area contributed by atoms with Crippen molar-refractivity contribution in [2.45, 2.75) is 20.3 Å². The van der Waals surface area contributed by atoms with E-state index >= 15 is 0 Å². The minimum absolute atomic E-state index is 0.158. The van der Waals surface area contributed by atoms with E-state index in [2.05, 4.69) is 19.9 Å². The van der Waals surface area contributed by atoms with Gasteiger partial charge in [0, 0.05) is 17.1 Å². The van der Waals surface area contributed by atoms with Gasteiger partial charge in [-0.2, -0.15) is 5.26 Å². The Morgan fingerprint density at radius 1 is 1.18 bits per heavy atom. The van der Waals surface area contributed by atoms with Gasteiger partial charge in [-0.1, -0.05) is 38.1 Å². The minimum Gasteiger partial charge on any atom is -0.493 e. The zero-order valence-corrected chi connectivity index (χ0v) is 20.1. The second kappa shape index (κ2) is 10.4. The highest BCUT2D eigenvalue weighted by molar-refractivity contribution is 7.15. The van der Waals surface area contributed by atoms with Gasteiger partial charge in [-0.25, -0.2) is 4.98 Å². The van der Waals surface area contributed by atoms with E-state index in [4.69, 9.17) is 19.7 Å². The fourth-order valence-electron chi connectivity index (χ4n) is 3.54. The van der Waals surface area contributed by atoms with Crippen LogP contribution in [0, 0.1) is 17.2 Å². The Bertz CT molecular complexity index is 1430. The zero-order chi connectivity index (χ0) is 24.1. The molecule has 4 aromatic rings. The number of fused-ring (bicyclic) bond motifs is 1. The average molecular weight is 472 g/mol. The Kier molecular flexibility index (Phi) is 7.09. The molecule has 2 heterocycles. The molecule has 2 aromatic carbocycles. The molecule has 0 atom stereocenters. The predicted molar refractivity (Wildman–Crippen MR) is 136 cm³/mol. The van der Waals surface area contributed by atoms with Gasteiger partial charge in [-0.3, -0.25) is 9.20 Å². The summed E-state index contributed by atoms with van der Waals surface area (Å²) in [6.45, 7) is 4.89. The summed E-state index contributed by atoms with van der Waals surface area (Å²) in [6.07, 6.45) is 6.38. The summed E-state index contributed by atoms with van der Waals surface area (Å²) in [4.78, 5) is 18.7. The van der Waals surface area contributed by atoms with Crippen molar-refractivity contribution in [1.82, 2.24) is 9.38 Å². The topological polar surface area (TPSA) is 76.6 Å². The molecule has 172 valence electrons. The molecule has 0 saturated heterocycles. The quantitative estimate of drug-likeness (QED) is 0.320. The molecule has 0 aliphatic heterocycles. The van der Waals surface area contributed by atoms with Crippen molar-refractivity contribution >= 4 is 28.4 Å². The Labute approximate surface area is 202 Å². The van der Waals surface area contributed by atoms with E-state index in [0.717, 1.165) is 12.0 Å². The number of hydrogen-bond donors (Lipinski definition) is 0. The highest BCUT2D eigenvalue weighted by Crippen LogP contribution is 2.33. The normalized spacial score (nSPS) is 11.3. The summed E-state index contributed by atoms with van der Waals surface area (Å²) in [7, 11) is 1.62. The number of aromatic nitrogens is 2. The maximum Gasteiger partial charge on any atom is 0.266 e. The average Bonchev–Trinajstić information content (AvgIpc) is 3.32. The van der Waals surface area contributed by atoms with E-state index in [0.29, 0.717) is 51.4 Å². The van der Waals surface area contributed by atoms with Crippen molar-refractivity contribution in [1.29, 1.82) is 5.26 Å². The van der Waals surface area contributed by atoms with Crippen LogP contribution in [0.15, 0.2) is 58.8 Å². The van der Waals surface area contributed by atoms with Crippen molar-refractivity contribution in [3.05, 3.63) is 81.2 Å². The lowest BCUT2D eigenvalue weighted by Gasteiger charge is -2.14. The van der Waals surface area contributed by atoms with Crippen LogP contribution in [0.2, 0.25) is 0 Å². The van der Waals surface area contributed by atoms with Crippen LogP contribution in [-0.4, -0.2) is 23.1 Å². The van der Waals surface area contributed by atoms with E-state index < -0.39 is 0 Å². The van der Waals surface area contributed by atoms with Crippen LogP contribution in [0.4, 0.5) is 0 Å². The summed E-state index contributed by atoms with van der Waals surface area (Å²) >= 11 is 1.40. The second-order valence-electron chi connectivity index (χ2n) is 8.16. The lowest BCUT2D eigenvalue weighted by atomic mass is 10.0. The Hall–Kier alpha value is -3.89. The molecule has 0 saturated carbocycles. The molecule has 0 bridgehead atoms. The first-order chi connectivity index (χ1) is 16.5. The first-order valence-corrected chi connectivity index (χ1v) is 11.9. The van der Waals surface area contributed by atoms with E-state index in [-0.39, 0.29) is 5.56 Å². The summed E-state index contributed by atoms with van der Waals surface area (Å²) in [5.41, 5.74) is 2.94. The summed E-state index contributed by atoms with van der Waals surface area (Å²) < 4.78 is 13.2. The van der Waals surface area contributed by atoms with E-state index in [1.807, 2.05) is 35.7 Å². The largest absolute Gasteiger partial charge is 0.493 e. The maximum atomic E-state index is 13.3. The van der Waals surface area contributed by atoms with Crippen LogP contribution < -0.4 is 15.0 Å². The number of methoxy groups -OCH3 is 1. The number of hydrogen-bond acceptors (Lipinski definition) is 6. The fourth-order valence-corrected chi connectivity index (χ4v) is 4.26. The highest BCUT2D eigenvalue weighted by atomic mass is 32.1.